The van der Waals surface area contributed by atoms with Gasteiger partial charge in [0, 0.05) is 24.8 Å². The predicted molar refractivity (Wildman–Crippen MR) is 82.8 cm³/mol. The number of nitrogen functional groups attached to an aromatic ring is 1. The fourth-order valence-electron chi connectivity index (χ4n) is 2.87. The van der Waals surface area contributed by atoms with Crippen molar-refractivity contribution in [2.75, 3.05) is 39.5 Å². The Kier molecular flexibility index (Phi) is 4.65. The quantitative estimate of drug-likeness (QED) is 0.858. The number of amides is 1. The second-order valence-electron chi connectivity index (χ2n) is 6.06. The second-order valence-corrected chi connectivity index (χ2v) is 6.06. The zero-order valence-corrected chi connectivity index (χ0v) is 12.7. The number of piperidine rings is 1. The van der Waals surface area contributed by atoms with Gasteiger partial charge in [-0.25, -0.2) is 0 Å². The van der Waals surface area contributed by atoms with Gasteiger partial charge in [-0.1, -0.05) is 0 Å². The molecule has 0 aromatic heterocycles. The highest BCUT2D eigenvalue weighted by atomic mass is 16.2. The van der Waals surface area contributed by atoms with Crippen molar-refractivity contribution in [3.05, 3.63) is 29.3 Å². The van der Waals surface area contributed by atoms with Crippen LogP contribution in [0.5, 0.6) is 0 Å². The molecule has 1 saturated heterocycles. The maximum Gasteiger partial charge on any atom is 0.253 e. The number of aryl methyl sites for hydroxylation is 1. The van der Waals surface area contributed by atoms with Crippen molar-refractivity contribution in [1.82, 2.24) is 9.80 Å². The van der Waals surface area contributed by atoms with Crippen molar-refractivity contribution in [3.8, 4) is 0 Å². The number of hydrogen-bond acceptors (Lipinski definition) is 3. The lowest BCUT2D eigenvalue weighted by Gasteiger charge is -2.31. The number of benzene rings is 1. The SMILES string of the molecule is Cc1cc(N)cc(C(=O)N(C)CC2CCN(C)CC2)c1. The fraction of sp³-hybridized carbons (Fsp3) is 0.562. The summed E-state index contributed by atoms with van der Waals surface area (Å²) < 4.78 is 0. The maximum absolute atomic E-state index is 12.4. The van der Waals surface area contributed by atoms with Gasteiger partial charge in [-0.15, -0.1) is 0 Å². The first-order valence-corrected chi connectivity index (χ1v) is 7.27. The third-order valence-corrected chi connectivity index (χ3v) is 4.06. The first-order chi connectivity index (χ1) is 9.45. The third-order valence-electron chi connectivity index (χ3n) is 4.06. The second kappa shape index (κ2) is 6.27. The molecule has 1 aromatic rings. The molecule has 2 N–H and O–H groups in total. The Morgan fingerprint density at radius 3 is 2.60 bits per heavy atom. The lowest BCUT2D eigenvalue weighted by atomic mass is 9.96. The molecule has 4 nitrogen and oxygen atoms in total. The fourth-order valence-corrected chi connectivity index (χ4v) is 2.87. The molecule has 0 bridgehead atoms. The van der Waals surface area contributed by atoms with E-state index in [1.165, 1.54) is 12.8 Å². The number of carbonyl (C=O) groups is 1. The van der Waals surface area contributed by atoms with Crippen LogP contribution in [0.25, 0.3) is 0 Å². The number of carbonyl (C=O) groups excluding carboxylic acids is 1. The molecule has 0 atom stereocenters. The number of hydrogen-bond donors (Lipinski definition) is 1. The number of rotatable bonds is 3. The van der Waals surface area contributed by atoms with Crippen molar-refractivity contribution in [2.24, 2.45) is 5.92 Å². The summed E-state index contributed by atoms with van der Waals surface area (Å²) in [7, 11) is 4.04. The molecule has 0 saturated carbocycles. The lowest BCUT2D eigenvalue weighted by Crippen LogP contribution is -2.38. The molecule has 4 heteroatoms. The van der Waals surface area contributed by atoms with Gasteiger partial charge in [0.2, 0.25) is 0 Å². The van der Waals surface area contributed by atoms with Crippen molar-refractivity contribution >= 4 is 11.6 Å². The molecule has 110 valence electrons. The minimum Gasteiger partial charge on any atom is -0.399 e. The van der Waals surface area contributed by atoms with Crippen LogP contribution >= 0.6 is 0 Å². The Labute approximate surface area is 121 Å². The Bertz CT molecular complexity index is 458. The van der Waals surface area contributed by atoms with E-state index in [0.29, 0.717) is 17.2 Å². The Hall–Kier alpha value is -1.55. The normalized spacial score (nSPS) is 17.1. The molecule has 1 aliphatic heterocycles. The van der Waals surface area contributed by atoms with Gasteiger partial charge >= 0.3 is 0 Å². The van der Waals surface area contributed by atoms with Crippen LogP contribution in [0.2, 0.25) is 0 Å². The standard InChI is InChI=1S/C16H25N3O/c1-12-8-14(10-15(17)9-12)16(20)19(3)11-13-4-6-18(2)7-5-13/h8-10,13H,4-7,11,17H2,1-3H3. The van der Waals surface area contributed by atoms with Crippen LogP contribution in [0.4, 0.5) is 5.69 Å². The van der Waals surface area contributed by atoms with Gasteiger partial charge in [0.25, 0.3) is 5.91 Å². The molecular weight excluding hydrogens is 250 g/mol. The lowest BCUT2D eigenvalue weighted by molar-refractivity contribution is 0.0747. The summed E-state index contributed by atoms with van der Waals surface area (Å²) in [6, 6.07) is 5.55. The van der Waals surface area contributed by atoms with Crippen LogP contribution in [-0.2, 0) is 0 Å². The molecule has 0 unspecified atom stereocenters. The summed E-state index contributed by atoms with van der Waals surface area (Å²) in [6.07, 6.45) is 2.34. The summed E-state index contributed by atoms with van der Waals surface area (Å²) in [5.41, 5.74) is 8.20. The predicted octanol–water partition coefficient (Wildman–Crippen LogP) is 1.99. The van der Waals surface area contributed by atoms with Gasteiger partial charge in [0.1, 0.15) is 0 Å². The molecule has 1 aromatic carbocycles. The first kappa shape index (κ1) is 14.9. The Morgan fingerprint density at radius 1 is 1.35 bits per heavy atom. The Balaban J connectivity index is 1.98. The van der Waals surface area contributed by atoms with Gasteiger partial charge < -0.3 is 15.5 Å². The largest absolute Gasteiger partial charge is 0.399 e. The summed E-state index contributed by atoms with van der Waals surface area (Å²) in [4.78, 5) is 16.6. The molecule has 0 radical (unpaired) electrons. The van der Waals surface area contributed by atoms with Crippen molar-refractivity contribution in [1.29, 1.82) is 0 Å². The van der Waals surface area contributed by atoms with Crippen LogP contribution < -0.4 is 5.73 Å². The number of nitrogens with zero attached hydrogens (tertiary/aromatic N) is 2. The molecule has 0 aliphatic carbocycles. The zero-order chi connectivity index (χ0) is 14.7. The first-order valence-electron chi connectivity index (χ1n) is 7.27. The number of anilines is 1. The van der Waals surface area contributed by atoms with E-state index >= 15 is 0 Å². The summed E-state index contributed by atoms with van der Waals surface area (Å²) in [6.45, 7) is 5.05. The van der Waals surface area contributed by atoms with Gasteiger partial charge in [-0.3, -0.25) is 4.79 Å². The van der Waals surface area contributed by atoms with Crippen LogP contribution in [-0.4, -0.2) is 49.4 Å². The smallest absolute Gasteiger partial charge is 0.253 e. The van der Waals surface area contributed by atoms with Crippen molar-refractivity contribution in [2.45, 2.75) is 19.8 Å². The molecule has 1 fully saturated rings. The zero-order valence-electron chi connectivity index (χ0n) is 12.7. The maximum atomic E-state index is 12.4. The highest BCUT2D eigenvalue weighted by Gasteiger charge is 2.21. The van der Waals surface area contributed by atoms with E-state index in [1.54, 1.807) is 6.07 Å². The van der Waals surface area contributed by atoms with E-state index in [9.17, 15) is 4.79 Å². The van der Waals surface area contributed by atoms with E-state index < -0.39 is 0 Å². The van der Waals surface area contributed by atoms with Crippen LogP contribution in [0.3, 0.4) is 0 Å². The third kappa shape index (κ3) is 3.73. The van der Waals surface area contributed by atoms with E-state index in [4.69, 9.17) is 5.73 Å². The molecule has 1 aliphatic rings. The number of likely N-dealkylation sites (tertiary alicyclic amines) is 1. The number of nitrogens with two attached hydrogens (primary N) is 1. The van der Waals surface area contributed by atoms with Crippen LogP contribution in [0.1, 0.15) is 28.8 Å². The molecule has 0 spiro atoms. The molecule has 20 heavy (non-hydrogen) atoms. The highest BCUT2D eigenvalue weighted by Crippen LogP contribution is 2.19. The van der Waals surface area contributed by atoms with Crippen LogP contribution in [0.15, 0.2) is 18.2 Å². The van der Waals surface area contributed by atoms with Gasteiger partial charge in [0.15, 0.2) is 0 Å². The molecular formula is C16H25N3O. The minimum absolute atomic E-state index is 0.0688. The summed E-state index contributed by atoms with van der Waals surface area (Å²) in [5.74, 6) is 0.682. The molecule has 1 heterocycles. The summed E-state index contributed by atoms with van der Waals surface area (Å²) in [5, 5.41) is 0. The Morgan fingerprint density at radius 2 is 2.00 bits per heavy atom. The molecule has 2 rings (SSSR count). The minimum atomic E-state index is 0.0688. The van der Waals surface area contributed by atoms with Gasteiger partial charge in [-0.05, 0) is 69.6 Å². The average Bonchev–Trinajstić information content (AvgIpc) is 2.39. The van der Waals surface area contributed by atoms with Crippen molar-refractivity contribution in [3.63, 3.8) is 0 Å². The van der Waals surface area contributed by atoms with E-state index in [1.807, 2.05) is 31.0 Å². The van der Waals surface area contributed by atoms with Gasteiger partial charge in [-0.2, -0.15) is 0 Å². The van der Waals surface area contributed by atoms with E-state index in [2.05, 4.69) is 11.9 Å². The van der Waals surface area contributed by atoms with E-state index in [0.717, 1.165) is 25.2 Å². The van der Waals surface area contributed by atoms with Crippen LogP contribution in [0, 0.1) is 12.8 Å². The topological polar surface area (TPSA) is 49.6 Å². The van der Waals surface area contributed by atoms with Gasteiger partial charge in [0.05, 0.1) is 0 Å². The van der Waals surface area contributed by atoms with E-state index in [-0.39, 0.29) is 5.91 Å². The highest BCUT2D eigenvalue weighted by molar-refractivity contribution is 5.95. The van der Waals surface area contributed by atoms with Crippen molar-refractivity contribution < 1.29 is 4.79 Å². The monoisotopic (exact) mass is 275 g/mol. The molecule has 1 amide bonds. The average molecular weight is 275 g/mol. The summed E-state index contributed by atoms with van der Waals surface area (Å²) >= 11 is 0.